The van der Waals surface area contributed by atoms with E-state index in [4.69, 9.17) is 10.5 Å². The molecule has 0 spiro atoms. The average Bonchev–Trinajstić information content (AvgIpc) is 2.76. The van der Waals surface area contributed by atoms with E-state index in [0.29, 0.717) is 5.84 Å². The molecule has 0 radical (unpaired) electrons. The Labute approximate surface area is 178 Å². The number of ether oxygens (including phenoxy) is 1. The van der Waals surface area contributed by atoms with Crippen molar-refractivity contribution < 1.29 is 4.74 Å². The maximum Gasteiger partial charge on any atom is 0.153 e. The van der Waals surface area contributed by atoms with Crippen LogP contribution in [0.1, 0.15) is 29.2 Å². The van der Waals surface area contributed by atoms with Crippen LogP contribution in [-0.4, -0.2) is 11.9 Å². The summed E-state index contributed by atoms with van der Waals surface area (Å²) < 4.78 is 5.76. The van der Waals surface area contributed by atoms with Crippen molar-refractivity contribution in [2.24, 2.45) is 10.7 Å². The first kappa shape index (κ1) is 20.1. The first-order chi connectivity index (χ1) is 14.7. The third-order valence-electron chi connectivity index (χ3n) is 5.14. The Bertz CT molecular complexity index is 1020. The molecule has 4 rings (SSSR count). The maximum atomic E-state index is 5.91. The van der Waals surface area contributed by atoms with Crippen LogP contribution in [0.2, 0.25) is 0 Å². The normalized spacial score (nSPS) is 15.2. The van der Waals surface area contributed by atoms with Crippen molar-refractivity contribution in [3.05, 3.63) is 95.1 Å². The maximum absolute atomic E-state index is 5.91. The summed E-state index contributed by atoms with van der Waals surface area (Å²) in [7, 11) is 0. The van der Waals surface area contributed by atoms with Gasteiger partial charge in [-0.15, -0.1) is 0 Å². The summed E-state index contributed by atoms with van der Waals surface area (Å²) in [4.78, 5) is 4.45. The molecule has 0 saturated heterocycles. The van der Waals surface area contributed by atoms with E-state index in [1.54, 1.807) is 0 Å². The Kier molecular flexibility index (Phi) is 6.42. The van der Waals surface area contributed by atoms with E-state index in [0.717, 1.165) is 43.2 Å². The Morgan fingerprint density at radius 1 is 0.767 bits per heavy atom. The fourth-order valence-electron chi connectivity index (χ4n) is 3.49. The van der Waals surface area contributed by atoms with Gasteiger partial charge >= 0.3 is 0 Å². The van der Waals surface area contributed by atoms with Gasteiger partial charge in [0.05, 0.1) is 0 Å². The molecule has 0 aromatic heterocycles. The molecule has 1 unspecified atom stereocenters. The zero-order valence-corrected chi connectivity index (χ0v) is 17.3. The molecular weight excluding hydrogens is 372 g/mol. The van der Waals surface area contributed by atoms with E-state index in [9.17, 15) is 0 Å². The van der Waals surface area contributed by atoms with Crippen molar-refractivity contribution in [1.82, 2.24) is 10.6 Å². The zero-order chi connectivity index (χ0) is 20.8. The third-order valence-corrected chi connectivity index (χ3v) is 5.14. The number of amidine groups is 1. The van der Waals surface area contributed by atoms with Crippen molar-refractivity contribution >= 4 is 11.5 Å². The Balaban J connectivity index is 1.28. The van der Waals surface area contributed by atoms with Gasteiger partial charge in [-0.05, 0) is 41.3 Å². The highest BCUT2D eigenvalue weighted by Gasteiger charge is 2.18. The Morgan fingerprint density at radius 3 is 2.07 bits per heavy atom. The van der Waals surface area contributed by atoms with Crippen LogP contribution in [0, 0.1) is 0 Å². The number of aliphatic imine (C=N–C) groups is 1. The minimum absolute atomic E-state index is 0.170. The van der Waals surface area contributed by atoms with E-state index >= 15 is 0 Å². The summed E-state index contributed by atoms with van der Waals surface area (Å²) in [6.45, 7) is 5.20. The van der Waals surface area contributed by atoms with Gasteiger partial charge < -0.3 is 21.1 Å². The van der Waals surface area contributed by atoms with Crippen molar-refractivity contribution in [1.29, 1.82) is 0 Å². The lowest BCUT2D eigenvalue weighted by Crippen LogP contribution is -2.33. The van der Waals surface area contributed by atoms with Crippen LogP contribution in [-0.2, 0) is 26.2 Å². The second-order valence-electron chi connectivity index (χ2n) is 7.61. The van der Waals surface area contributed by atoms with Gasteiger partial charge in [0.1, 0.15) is 17.3 Å². The molecule has 1 atom stereocenters. The lowest BCUT2D eigenvalue weighted by Gasteiger charge is -2.21. The SMILES string of the molecule is CC1Oc2ccc(CNCc3cccc(CNCc4ccccc4)c3)cc2N=C1N. The topological polar surface area (TPSA) is 71.7 Å². The zero-order valence-electron chi connectivity index (χ0n) is 17.3. The molecule has 5 heteroatoms. The molecule has 154 valence electrons. The number of fused-ring (bicyclic) bond motifs is 1. The minimum Gasteiger partial charge on any atom is -0.481 e. The number of hydrogen-bond acceptors (Lipinski definition) is 5. The molecular formula is C25H28N4O. The highest BCUT2D eigenvalue weighted by Crippen LogP contribution is 2.32. The molecule has 1 aliphatic heterocycles. The first-order valence-electron chi connectivity index (χ1n) is 10.3. The molecule has 1 aliphatic rings. The molecule has 3 aromatic rings. The van der Waals surface area contributed by atoms with Gasteiger partial charge in [0, 0.05) is 26.2 Å². The van der Waals surface area contributed by atoms with E-state index in [2.05, 4.69) is 70.2 Å². The number of nitrogens with two attached hydrogens (primary N) is 1. The molecule has 3 aromatic carbocycles. The minimum atomic E-state index is -0.170. The van der Waals surface area contributed by atoms with Crippen molar-refractivity contribution in [3.63, 3.8) is 0 Å². The number of benzene rings is 3. The summed E-state index contributed by atoms with van der Waals surface area (Å²) >= 11 is 0. The molecule has 0 amide bonds. The van der Waals surface area contributed by atoms with Gasteiger partial charge in [0.25, 0.3) is 0 Å². The molecule has 4 N–H and O–H groups in total. The van der Waals surface area contributed by atoms with Crippen LogP contribution in [0.25, 0.3) is 0 Å². The first-order valence-corrected chi connectivity index (χ1v) is 10.3. The van der Waals surface area contributed by atoms with E-state index in [-0.39, 0.29) is 6.10 Å². The van der Waals surface area contributed by atoms with E-state index in [1.807, 2.05) is 25.1 Å². The van der Waals surface area contributed by atoms with Crippen LogP contribution >= 0.6 is 0 Å². The summed E-state index contributed by atoms with van der Waals surface area (Å²) in [6, 6.07) is 25.2. The Hall–Kier alpha value is -3.15. The standard InChI is InChI=1S/C25H28N4O/c1-18-25(26)29-23-13-22(10-11-24(23)30-18)17-28-16-21-9-5-8-20(12-21)15-27-14-19-6-3-2-4-7-19/h2-13,18,27-28H,14-17H2,1H3,(H2,26,29). The number of rotatable bonds is 8. The van der Waals surface area contributed by atoms with Crippen LogP contribution in [0.3, 0.4) is 0 Å². The monoisotopic (exact) mass is 400 g/mol. The molecule has 0 aliphatic carbocycles. The van der Waals surface area contributed by atoms with E-state index in [1.165, 1.54) is 16.7 Å². The van der Waals surface area contributed by atoms with E-state index < -0.39 is 0 Å². The lowest BCUT2D eigenvalue weighted by molar-refractivity contribution is 0.281. The van der Waals surface area contributed by atoms with Crippen LogP contribution in [0.5, 0.6) is 5.75 Å². The average molecular weight is 401 g/mol. The molecule has 0 bridgehead atoms. The number of nitrogens with zero attached hydrogens (tertiary/aromatic N) is 1. The molecule has 1 heterocycles. The third kappa shape index (κ3) is 5.26. The van der Waals surface area contributed by atoms with Gasteiger partial charge in [-0.3, -0.25) is 0 Å². The van der Waals surface area contributed by atoms with Gasteiger partial charge in [0.2, 0.25) is 0 Å². The van der Waals surface area contributed by atoms with Crippen LogP contribution in [0.4, 0.5) is 5.69 Å². The number of hydrogen-bond donors (Lipinski definition) is 3. The largest absolute Gasteiger partial charge is 0.481 e. The van der Waals surface area contributed by atoms with Gasteiger partial charge in [-0.25, -0.2) is 4.99 Å². The van der Waals surface area contributed by atoms with Crippen LogP contribution in [0.15, 0.2) is 77.8 Å². The van der Waals surface area contributed by atoms with Crippen molar-refractivity contribution in [2.75, 3.05) is 0 Å². The van der Waals surface area contributed by atoms with Crippen LogP contribution < -0.4 is 21.1 Å². The molecule has 5 nitrogen and oxygen atoms in total. The van der Waals surface area contributed by atoms with Gasteiger partial charge in [-0.1, -0.05) is 60.7 Å². The predicted octanol–water partition coefficient (Wildman–Crippen LogP) is 4.04. The summed E-state index contributed by atoms with van der Waals surface area (Å²) in [5, 5.41) is 7.02. The predicted molar refractivity (Wildman–Crippen MR) is 122 cm³/mol. The Morgan fingerprint density at radius 2 is 1.37 bits per heavy atom. The van der Waals surface area contributed by atoms with Crippen molar-refractivity contribution in [2.45, 2.75) is 39.2 Å². The fraction of sp³-hybridized carbons (Fsp3) is 0.240. The summed E-state index contributed by atoms with van der Waals surface area (Å²) in [5.41, 5.74) is 11.7. The van der Waals surface area contributed by atoms with Crippen molar-refractivity contribution in [3.8, 4) is 5.75 Å². The molecule has 0 fully saturated rings. The highest BCUT2D eigenvalue weighted by atomic mass is 16.5. The van der Waals surface area contributed by atoms with Gasteiger partial charge in [-0.2, -0.15) is 0 Å². The highest BCUT2D eigenvalue weighted by molar-refractivity contribution is 5.89. The fourth-order valence-corrected chi connectivity index (χ4v) is 3.49. The molecule has 0 saturated carbocycles. The molecule has 30 heavy (non-hydrogen) atoms. The second kappa shape index (κ2) is 9.57. The van der Waals surface area contributed by atoms with Gasteiger partial charge in [0.15, 0.2) is 6.10 Å². The summed E-state index contributed by atoms with van der Waals surface area (Å²) in [5.74, 6) is 1.31. The smallest absolute Gasteiger partial charge is 0.153 e. The summed E-state index contributed by atoms with van der Waals surface area (Å²) in [6.07, 6.45) is -0.170. The number of nitrogens with one attached hydrogen (secondary N) is 2. The second-order valence-corrected chi connectivity index (χ2v) is 7.61. The lowest BCUT2D eigenvalue weighted by atomic mass is 10.1. The quantitative estimate of drug-likeness (QED) is 0.534.